The molecule has 25 heavy (non-hydrogen) atoms. The summed E-state index contributed by atoms with van der Waals surface area (Å²) in [5.74, 6) is -0.541. The van der Waals surface area contributed by atoms with Crippen LogP contribution in [-0.4, -0.2) is 16.1 Å². The number of hydrogen-bond donors (Lipinski definition) is 3. The maximum absolute atomic E-state index is 12.4. The highest BCUT2D eigenvalue weighted by atomic mass is 19.4. The van der Waals surface area contributed by atoms with Crippen LogP contribution in [0.1, 0.15) is 11.1 Å². The molecule has 0 radical (unpaired) electrons. The van der Waals surface area contributed by atoms with Crippen LogP contribution in [-0.2, 0) is 12.7 Å². The molecule has 0 bridgehead atoms. The number of phenolic OH excluding ortho intramolecular Hbond substituents is 1. The second-order valence-corrected chi connectivity index (χ2v) is 4.96. The maximum atomic E-state index is 12.4. The number of nitro benzene ring substituents is 1. The Balaban J connectivity index is 1.95. The lowest BCUT2D eigenvalue weighted by molar-refractivity contribution is -0.385. The first kappa shape index (κ1) is 18.0. The van der Waals surface area contributed by atoms with E-state index in [4.69, 9.17) is 0 Å². The summed E-state index contributed by atoms with van der Waals surface area (Å²) in [6.07, 6.45) is -4.43. The zero-order valence-electron chi connectivity index (χ0n) is 12.5. The number of urea groups is 1. The summed E-state index contributed by atoms with van der Waals surface area (Å²) in [7, 11) is 0. The summed E-state index contributed by atoms with van der Waals surface area (Å²) in [4.78, 5) is 21.6. The Hall–Kier alpha value is -3.30. The van der Waals surface area contributed by atoms with Crippen molar-refractivity contribution in [2.45, 2.75) is 12.7 Å². The van der Waals surface area contributed by atoms with Crippen molar-refractivity contribution in [3.8, 4) is 5.75 Å². The van der Waals surface area contributed by atoms with E-state index in [-0.39, 0.29) is 12.2 Å². The molecule has 0 aromatic heterocycles. The zero-order valence-corrected chi connectivity index (χ0v) is 12.5. The van der Waals surface area contributed by atoms with E-state index in [2.05, 4.69) is 10.6 Å². The highest BCUT2D eigenvalue weighted by Crippen LogP contribution is 2.29. The first-order valence-corrected chi connectivity index (χ1v) is 6.85. The predicted octanol–water partition coefficient (Wildman–Crippen LogP) is 3.64. The topological polar surface area (TPSA) is 104 Å². The second-order valence-electron chi connectivity index (χ2n) is 4.96. The van der Waals surface area contributed by atoms with Gasteiger partial charge in [-0.1, -0.05) is 12.1 Å². The van der Waals surface area contributed by atoms with Gasteiger partial charge in [0.1, 0.15) is 0 Å². The van der Waals surface area contributed by atoms with E-state index in [0.29, 0.717) is 5.56 Å². The quantitative estimate of drug-likeness (QED) is 0.442. The predicted molar refractivity (Wildman–Crippen MR) is 82.1 cm³/mol. The highest BCUT2D eigenvalue weighted by Gasteiger charge is 2.29. The highest BCUT2D eigenvalue weighted by molar-refractivity contribution is 5.89. The van der Waals surface area contributed by atoms with Gasteiger partial charge in [-0.2, -0.15) is 13.2 Å². The van der Waals surface area contributed by atoms with E-state index in [1.165, 1.54) is 18.2 Å². The monoisotopic (exact) mass is 355 g/mol. The van der Waals surface area contributed by atoms with E-state index in [1.54, 1.807) is 0 Å². The molecule has 2 amide bonds. The summed E-state index contributed by atoms with van der Waals surface area (Å²) in [6, 6.07) is 6.86. The molecule has 0 atom stereocenters. The van der Waals surface area contributed by atoms with Crippen molar-refractivity contribution in [1.29, 1.82) is 0 Å². The van der Waals surface area contributed by atoms with Crippen LogP contribution >= 0.6 is 0 Å². The van der Waals surface area contributed by atoms with Gasteiger partial charge in [-0.15, -0.1) is 0 Å². The van der Waals surface area contributed by atoms with Crippen molar-refractivity contribution in [1.82, 2.24) is 5.32 Å². The molecule has 2 aromatic rings. The minimum absolute atomic E-state index is 0.0376. The van der Waals surface area contributed by atoms with Gasteiger partial charge in [0.15, 0.2) is 5.75 Å². The molecule has 0 saturated carbocycles. The molecule has 10 heteroatoms. The summed E-state index contributed by atoms with van der Waals surface area (Å²) in [5.41, 5.74) is -0.841. The van der Waals surface area contributed by atoms with Gasteiger partial charge in [0.25, 0.3) is 0 Å². The van der Waals surface area contributed by atoms with Crippen molar-refractivity contribution in [2.75, 3.05) is 5.32 Å². The van der Waals surface area contributed by atoms with Crippen LogP contribution in [0.5, 0.6) is 5.75 Å². The second kappa shape index (κ2) is 7.07. The van der Waals surface area contributed by atoms with Crippen LogP contribution in [0.2, 0.25) is 0 Å². The van der Waals surface area contributed by atoms with Crippen LogP contribution in [0, 0.1) is 10.1 Å². The molecular weight excluding hydrogens is 343 g/mol. The standard InChI is InChI=1S/C15H12F3N3O4/c16-15(17,18)10-3-1-9(2-4-10)8-19-14(23)20-11-5-6-13(22)12(7-11)21(24)25/h1-7,22H,8H2,(H2,19,20,23). The van der Waals surface area contributed by atoms with Gasteiger partial charge in [-0.25, -0.2) is 4.79 Å². The third kappa shape index (κ3) is 4.83. The normalized spacial score (nSPS) is 11.0. The average Bonchev–Trinajstić information content (AvgIpc) is 2.54. The summed E-state index contributed by atoms with van der Waals surface area (Å²) in [6.45, 7) is -0.0376. The number of nitrogens with one attached hydrogen (secondary N) is 2. The first-order chi connectivity index (χ1) is 11.7. The Morgan fingerprint density at radius 2 is 1.80 bits per heavy atom. The maximum Gasteiger partial charge on any atom is 0.416 e. The number of rotatable bonds is 4. The molecule has 0 heterocycles. The van der Waals surface area contributed by atoms with Gasteiger partial charge in [0.2, 0.25) is 0 Å². The van der Waals surface area contributed by atoms with Crippen LogP contribution in [0.3, 0.4) is 0 Å². The molecule has 0 aliphatic carbocycles. The average molecular weight is 355 g/mol. The van der Waals surface area contributed by atoms with E-state index in [0.717, 1.165) is 24.3 Å². The van der Waals surface area contributed by atoms with Crippen LogP contribution < -0.4 is 10.6 Å². The van der Waals surface area contributed by atoms with Gasteiger partial charge >= 0.3 is 17.9 Å². The number of alkyl halides is 3. The fraction of sp³-hybridized carbons (Fsp3) is 0.133. The molecule has 2 rings (SSSR count). The lowest BCUT2D eigenvalue weighted by Gasteiger charge is -2.10. The third-order valence-corrected chi connectivity index (χ3v) is 3.16. The summed E-state index contributed by atoms with van der Waals surface area (Å²) < 4.78 is 37.3. The molecule has 0 fully saturated rings. The fourth-order valence-corrected chi connectivity index (χ4v) is 1.92. The number of phenols is 1. The van der Waals surface area contributed by atoms with E-state index >= 15 is 0 Å². The Labute approximate surface area is 139 Å². The van der Waals surface area contributed by atoms with Crippen LogP contribution in [0.15, 0.2) is 42.5 Å². The summed E-state index contributed by atoms with van der Waals surface area (Å²) >= 11 is 0. The number of anilines is 1. The molecule has 0 saturated heterocycles. The van der Waals surface area contributed by atoms with E-state index in [1.807, 2.05) is 0 Å². The van der Waals surface area contributed by atoms with Crippen molar-refractivity contribution in [3.05, 3.63) is 63.7 Å². The number of carbonyl (C=O) groups excluding carboxylic acids is 1. The van der Waals surface area contributed by atoms with E-state index < -0.39 is 34.1 Å². The van der Waals surface area contributed by atoms with Crippen LogP contribution in [0.25, 0.3) is 0 Å². The van der Waals surface area contributed by atoms with Crippen molar-refractivity contribution in [3.63, 3.8) is 0 Å². The van der Waals surface area contributed by atoms with E-state index in [9.17, 15) is 33.2 Å². The minimum atomic E-state index is -4.43. The number of nitro groups is 1. The van der Waals surface area contributed by atoms with Gasteiger partial charge < -0.3 is 15.7 Å². The molecule has 132 valence electrons. The number of carbonyl (C=O) groups is 1. The van der Waals surface area contributed by atoms with Crippen molar-refractivity contribution < 1.29 is 28.0 Å². The minimum Gasteiger partial charge on any atom is -0.502 e. The Kier molecular flexibility index (Phi) is 5.11. The molecular formula is C15H12F3N3O4. The number of aromatic hydroxyl groups is 1. The molecule has 0 unspecified atom stereocenters. The Bertz CT molecular complexity index is 792. The number of amides is 2. The molecule has 3 N–H and O–H groups in total. The number of halogens is 3. The first-order valence-electron chi connectivity index (χ1n) is 6.85. The van der Waals surface area contributed by atoms with Gasteiger partial charge in [-0.3, -0.25) is 10.1 Å². The number of benzene rings is 2. The number of hydrogen-bond acceptors (Lipinski definition) is 4. The smallest absolute Gasteiger partial charge is 0.416 e. The lowest BCUT2D eigenvalue weighted by Crippen LogP contribution is -2.28. The fourth-order valence-electron chi connectivity index (χ4n) is 1.92. The largest absolute Gasteiger partial charge is 0.502 e. The SMILES string of the molecule is O=C(NCc1ccc(C(F)(F)F)cc1)Nc1ccc(O)c([N+](=O)[O-])c1. The van der Waals surface area contributed by atoms with Crippen molar-refractivity contribution >= 4 is 17.4 Å². The molecule has 0 aliphatic heterocycles. The van der Waals surface area contributed by atoms with Gasteiger partial charge in [-0.05, 0) is 29.8 Å². The molecule has 2 aromatic carbocycles. The molecule has 7 nitrogen and oxygen atoms in total. The Morgan fingerprint density at radius 1 is 1.16 bits per heavy atom. The molecule has 0 aliphatic rings. The lowest BCUT2D eigenvalue weighted by atomic mass is 10.1. The zero-order chi connectivity index (χ0) is 18.6. The van der Waals surface area contributed by atoms with Crippen LogP contribution in [0.4, 0.5) is 29.3 Å². The van der Waals surface area contributed by atoms with Gasteiger partial charge in [0, 0.05) is 18.3 Å². The van der Waals surface area contributed by atoms with Gasteiger partial charge in [0.05, 0.1) is 10.5 Å². The molecule has 0 spiro atoms. The summed E-state index contributed by atoms with van der Waals surface area (Å²) in [5, 5.41) is 24.8. The number of nitrogens with zero attached hydrogens (tertiary/aromatic N) is 1. The third-order valence-electron chi connectivity index (χ3n) is 3.16. The Morgan fingerprint density at radius 3 is 2.36 bits per heavy atom. The van der Waals surface area contributed by atoms with Crippen molar-refractivity contribution in [2.24, 2.45) is 0 Å².